The molecule has 0 saturated carbocycles. The standard InChI is InChI=1S/C29H29ClN8O13S2/c1-28(2,24(46)47)51-35-18(13-9-52-26(31)33-13)15(40)7-12-22(45)36-10-29(25(48)49,53-23(12)36)37-5-6-38(27(37)50)34-21(44)16(41)8-32-20(43)11-3-4-14(39)19(42)17(11)30/h3-4,9,12,23,39,42H,5-8,10H2,1-2H3,(H2,31,33)(H,32,43)(H,34,44)(H,46,47)(H,48,49)/b35-18-/t12-,23-,29-/m1/s1. The third-order valence-corrected chi connectivity index (χ3v) is 11.1. The fourth-order valence-electron chi connectivity index (χ4n) is 5.31. The minimum absolute atomic E-state index is 0.0334. The number of rotatable bonds is 14. The van der Waals surface area contributed by atoms with Crippen LogP contribution in [0.5, 0.6) is 11.5 Å². The third kappa shape index (κ3) is 7.21. The van der Waals surface area contributed by atoms with Crippen LogP contribution in [0.3, 0.4) is 0 Å². The monoisotopic (exact) mass is 796 g/mol. The second-order valence-corrected chi connectivity index (χ2v) is 14.8. The van der Waals surface area contributed by atoms with E-state index in [0.717, 1.165) is 40.1 Å². The van der Waals surface area contributed by atoms with Crippen molar-refractivity contribution in [1.82, 2.24) is 30.5 Å². The lowest BCUT2D eigenvalue weighted by Gasteiger charge is -2.40. The van der Waals surface area contributed by atoms with Gasteiger partial charge in [-0.05, 0) is 26.0 Å². The van der Waals surface area contributed by atoms with Crippen LogP contribution >= 0.6 is 34.7 Å². The number of aromatic hydroxyl groups is 2. The van der Waals surface area contributed by atoms with Gasteiger partial charge in [0.05, 0.1) is 41.5 Å². The lowest BCUT2D eigenvalue weighted by molar-refractivity contribution is -0.161. The van der Waals surface area contributed by atoms with Crippen LogP contribution in [0.4, 0.5) is 9.93 Å². The van der Waals surface area contributed by atoms with Crippen LogP contribution in [-0.2, 0) is 33.6 Å². The van der Waals surface area contributed by atoms with Crippen LogP contribution in [0, 0.1) is 5.92 Å². The van der Waals surface area contributed by atoms with E-state index in [1.54, 1.807) is 0 Å². The molecular weight excluding hydrogens is 768 g/mol. The average Bonchev–Trinajstić information content (AvgIpc) is 3.80. The van der Waals surface area contributed by atoms with E-state index in [2.05, 4.69) is 20.9 Å². The highest BCUT2D eigenvalue weighted by Gasteiger charge is 2.66. The zero-order chi connectivity index (χ0) is 39.2. The van der Waals surface area contributed by atoms with E-state index in [4.69, 9.17) is 22.2 Å². The molecule has 4 heterocycles. The first-order chi connectivity index (χ1) is 24.8. The number of Topliss-reactive ketones (excluding diaryl/α,β-unsaturated/α-hetero) is 2. The molecule has 21 nitrogen and oxygen atoms in total. The number of thioether (sulfide) groups is 1. The van der Waals surface area contributed by atoms with Crippen LogP contribution in [0.25, 0.3) is 0 Å². The van der Waals surface area contributed by atoms with E-state index in [0.29, 0.717) is 5.01 Å². The van der Waals surface area contributed by atoms with Gasteiger partial charge in [0.25, 0.3) is 5.91 Å². The summed E-state index contributed by atoms with van der Waals surface area (Å²) in [4.78, 5) is 111. The van der Waals surface area contributed by atoms with E-state index in [9.17, 15) is 58.8 Å². The fraction of sp³-hybridized carbons (Fsp3) is 0.379. The molecule has 8 N–H and O–H groups in total. The summed E-state index contributed by atoms with van der Waals surface area (Å²) >= 11 is 7.52. The maximum atomic E-state index is 13.5. The fourth-order valence-corrected chi connectivity index (χ4v) is 7.79. The number of nitrogen functional groups attached to an aromatic ring is 1. The predicted octanol–water partition coefficient (Wildman–Crippen LogP) is -0.587. The van der Waals surface area contributed by atoms with Crippen molar-refractivity contribution in [3.63, 3.8) is 0 Å². The lowest BCUT2D eigenvalue weighted by Crippen LogP contribution is -2.60. The van der Waals surface area contributed by atoms with Crippen molar-refractivity contribution in [2.45, 2.75) is 36.1 Å². The predicted molar refractivity (Wildman–Crippen MR) is 182 cm³/mol. The Labute approximate surface area is 310 Å². The lowest BCUT2D eigenvalue weighted by atomic mass is 9.90. The second kappa shape index (κ2) is 14.4. The number of phenols is 2. The largest absolute Gasteiger partial charge is 0.504 e. The number of thiazole rings is 1. The maximum absolute atomic E-state index is 13.5. The third-order valence-electron chi connectivity index (χ3n) is 8.28. The minimum Gasteiger partial charge on any atom is -0.504 e. The number of carboxylic acid groups (broad SMARTS) is 2. The Morgan fingerprint density at radius 2 is 1.83 bits per heavy atom. The normalized spacial score (nSPS) is 21.2. The molecule has 282 valence electrons. The zero-order valence-electron chi connectivity index (χ0n) is 27.4. The number of nitrogens with one attached hydrogen (secondary N) is 2. The van der Waals surface area contributed by atoms with Crippen LogP contribution in [0.2, 0.25) is 5.02 Å². The quantitative estimate of drug-likeness (QED) is 0.0413. The summed E-state index contributed by atoms with van der Waals surface area (Å²) in [5, 5.41) is 45.5. The first kappa shape index (κ1) is 38.5. The number of hydrazine groups is 1. The van der Waals surface area contributed by atoms with Crippen LogP contribution in [0.1, 0.15) is 36.3 Å². The molecule has 1 aromatic carbocycles. The first-order valence-electron chi connectivity index (χ1n) is 15.2. The van der Waals surface area contributed by atoms with Gasteiger partial charge in [0, 0.05) is 18.3 Å². The summed E-state index contributed by atoms with van der Waals surface area (Å²) in [6.07, 6.45) is -0.509. The van der Waals surface area contributed by atoms with Gasteiger partial charge in [-0.25, -0.2) is 24.4 Å². The number of aliphatic carboxylic acids is 2. The summed E-state index contributed by atoms with van der Waals surface area (Å²) in [6, 6.07) is 1.03. The molecule has 0 radical (unpaired) electrons. The van der Waals surface area contributed by atoms with E-state index in [1.165, 1.54) is 24.1 Å². The van der Waals surface area contributed by atoms with Gasteiger partial charge < -0.3 is 41.2 Å². The average molecular weight is 797 g/mol. The molecule has 5 rings (SSSR count). The summed E-state index contributed by atoms with van der Waals surface area (Å²) in [5.41, 5.74) is 5.17. The molecule has 3 saturated heterocycles. The number of phenolic OH excluding ortho intramolecular Hbond substituents is 2. The smallest absolute Gasteiger partial charge is 0.350 e. The molecule has 5 amide bonds. The molecule has 0 unspecified atom stereocenters. The number of hydrogen-bond donors (Lipinski definition) is 7. The Bertz CT molecular complexity index is 1990. The van der Waals surface area contributed by atoms with Crippen molar-refractivity contribution in [3.8, 4) is 11.5 Å². The van der Waals surface area contributed by atoms with E-state index in [1.807, 2.05) is 0 Å². The van der Waals surface area contributed by atoms with Crippen LogP contribution in [-0.4, -0.2) is 135 Å². The Kier molecular flexibility index (Phi) is 10.5. The van der Waals surface area contributed by atoms with Gasteiger partial charge in [0.1, 0.15) is 5.69 Å². The van der Waals surface area contributed by atoms with E-state index in [-0.39, 0.29) is 29.5 Å². The topological polar surface area (TPSA) is 312 Å². The highest BCUT2D eigenvalue weighted by molar-refractivity contribution is 8.02. The number of anilines is 1. The number of ketones is 2. The first-order valence-corrected chi connectivity index (χ1v) is 17.3. The van der Waals surface area contributed by atoms with Crippen LogP contribution < -0.4 is 16.5 Å². The molecule has 3 fully saturated rings. The second-order valence-electron chi connectivity index (χ2n) is 12.1. The molecule has 0 bridgehead atoms. The van der Waals surface area contributed by atoms with Gasteiger partial charge in [-0.1, -0.05) is 28.5 Å². The molecule has 3 aliphatic heterocycles. The number of halogens is 1. The van der Waals surface area contributed by atoms with Gasteiger partial charge in [0.2, 0.25) is 22.2 Å². The number of benzene rings is 1. The summed E-state index contributed by atoms with van der Waals surface area (Å²) in [5.74, 6) is -10.2. The number of carboxylic acids is 2. The highest BCUT2D eigenvalue weighted by atomic mass is 35.5. The number of oxime groups is 1. The number of carbonyl (C=O) groups is 8. The molecule has 0 spiro atoms. The van der Waals surface area contributed by atoms with Gasteiger partial charge in [0.15, 0.2) is 28.1 Å². The van der Waals surface area contributed by atoms with Crippen molar-refractivity contribution in [1.29, 1.82) is 0 Å². The molecule has 2 aromatic rings. The number of hydrogen-bond acceptors (Lipinski definition) is 16. The van der Waals surface area contributed by atoms with Crippen molar-refractivity contribution >= 4 is 92.8 Å². The molecule has 24 heteroatoms. The van der Waals surface area contributed by atoms with Crippen molar-refractivity contribution in [2.75, 3.05) is 31.9 Å². The number of β-lactam (4-membered cyclic amide) rings is 1. The highest BCUT2D eigenvalue weighted by Crippen LogP contribution is 2.52. The Morgan fingerprint density at radius 1 is 1.13 bits per heavy atom. The number of amides is 5. The SMILES string of the molecule is CC(C)(O/N=C(\C(=O)C[C@@H]1C(=O)N2C[C@@](C(=O)O)(N3CCN(NC(=O)C(=O)CNC(=O)c4ccc(O)c(O)c4Cl)C3=O)S[C@H]12)c1csc(N)n1)C(=O)O. The van der Waals surface area contributed by atoms with Gasteiger partial charge >= 0.3 is 23.9 Å². The number of urea groups is 1. The molecular formula is C29H29ClN8O13S2. The number of nitrogens with two attached hydrogens (primary N) is 1. The van der Waals surface area contributed by atoms with E-state index >= 15 is 0 Å². The Balaban J connectivity index is 1.23. The maximum Gasteiger partial charge on any atom is 0.350 e. The van der Waals surface area contributed by atoms with E-state index < -0.39 is 111 Å². The number of nitrogens with zero attached hydrogens (tertiary/aromatic N) is 5. The molecule has 1 aromatic heterocycles. The van der Waals surface area contributed by atoms with Gasteiger partial charge in [-0.3, -0.25) is 34.3 Å². The molecule has 3 atom stereocenters. The minimum atomic E-state index is -2.06. The number of aromatic nitrogens is 1. The molecule has 53 heavy (non-hydrogen) atoms. The molecule has 3 aliphatic rings. The van der Waals surface area contributed by atoms with Crippen molar-refractivity contribution in [2.24, 2.45) is 11.1 Å². The number of carbonyl (C=O) groups excluding carboxylic acids is 6. The van der Waals surface area contributed by atoms with Crippen LogP contribution in [0.15, 0.2) is 22.7 Å². The van der Waals surface area contributed by atoms with Crippen molar-refractivity contribution < 1.29 is 63.6 Å². The summed E-state index contributed by atoms with van der Waals surface area (Å²) < 4.78 is 0. The van der Waals surface area contributed by atoms with Gasteiger partial charge in [-0.2, -0.15) is 0 Å². The van der Waals surface area contributed by atoms with Gasteiger partial charge in [-0.15, -0.1) is 11.3 Å². The number of fused-ring (bicyclic) bond motifs is 1. The Morgan fingerprint density at radius 3 is 2.45 bits per heavy atom. The summed E-state index contributed by atoms with van der Waals surface area (Å²) in [7, 11) is 0. The summed E-state index contributed by atoms with van der Waals surface area (Å²) in [6.45, 7) is 0.510. The zero-order valence-corrected chi connectivity index (χ0v) is 29.8. The Hall–Kier alpha value is -5.68. The molecule has 0 aliphatic carbocycles. The van der Waals surface area contributed by atoms with Crippen molar-refractivity contribution in [3.05, 3.63) is 33.8 Å².